The number of benzene rings is 1. The number of nitrogens with zero attached hydrogens (tertiary/aromatic N) is 2. The molecule has 112 valence electrons. The number of fused-ring (bicyclic) bond motifs is 1. The van der Waals surface area contributed by atoms with E-state index in [-0.39, 0.29) is 12.5 Å². The lowest BCUT2D eigenvalue weighted by molar-refractivity contribution is -0.142. The van der Waals surface area contributed by atoms with Gasteiger partial charge in [-0.1, -0.05) is 12.1 Å². The molecule has 1 aromatic carbocycles. The third-order valence-corrected chi connectivity index (χ3v) is 5.06. The summed E-state index contributed by atoms with van der Waals surface area (Å²) < 4.78 is 0. The van der Waals surface area contributed by atoms with Gasteiger partial charge in [-0.3, -0.25) is 14.5 Å². The van der Waals surface area contributed by atoms with Crippen molar-refractivity contribution in [3.05, 3.63) is 24.3 Å². The van der Waals surface area contributed by atoms with Crippen LogP contribution in [0.1, 0.15) is 12.8 Å². The van der Waals surface area contributed by atoms with E-state index in [4.69, 9.17) is 0 Å². The van der Waals surface area contributed by atoms with Crippen LogP contribution in [0.2, 0.25) is 0 Å². The molecule has 3 rings (SSSR count). The predicted octanol–water partition coefficient (Wildman–Crippen LogP) is 1.67. The molecule has 1 aromatic rings. The molecule has 0 aliphatic carbocycles. The molecule has 1 fully saturated rings. The number of carboxylic acids is 1. The molecule has 1 amide bonds. The Morgan fingerprint density at radius 2 is 2.10 bits per heavy atom. The molecular formula is C15H18N2O3S. The third kappa shape index (κ3) is 2.91. The Labute approximate surface area is 127 Å². The fourth-order valence-electron chi connectivity index (χ4n) is 2.98. The van der Waals surface area contributed by atoms with Gasteiger partial charge < -0.3 is 10.0 Å². The normalized spacial score (nSPS) is 22.1. The number of para-hydroxylation sites is 1. The second-order valence-electron chi connectivity index (χ2n) is 5.33. The van der Waals surface area contributed by atoms with Crippen LogP contribution in [0.5, 0.6) is 0 Å². The molecule has 2 aliphatic rings. The zero-order valence-corrected chi connectivity index (χ0v) is 12.5. The number of likely N-dealkylation sites (tertiary alicyclic amines) is 1. The Hall–Kier alpha value is -1.53. The monoisotopic (exact) mass is 306 g/mol. The topological polar surface area (TPSA) is 60.9 Å². The van der Waals surface area contributed by atoms with Gasteiger partial charge >= 0.3 is 5.97 Å². The molecule has 1 atom stereocenters. The van der Waals surface area contributed by atoms with Crippen molar-refractivity contribution < 1.29 is 14.7 Å². The maximum atomic E-state index is 12.6. The maximum Gasteiger partial charge on any atom is 0.320 e. The highest BCUT2D eigenvalue weighted by molar-refractivity contribution is 7.99. The van der Waals surface area contributed by atoms with Gasteiger partial charge in [-0.15, -0.1) is 11.8 Å². The highest BCUT2D eigenvalue weighted by Crippen LogP contribution is 2.34. The molecule has 0 saturated carbocycles. The van der Waals surface area contributed by atoms with Crippen molar-refractivity contribution in [2.24, 2.45) is 0 Å². The van der Waals surface area contributed by atoms with Crippen LogP contribution in [0.3, 0.4) is 0 Å². The van der Waals surface area contributed by atoms with Crippen molar-refractivity contribution in [2.45, 2.75) is 23.8 Å². The summed E-state index contributed by atoms with van der Waals surface area (Å²) in [6.45, 7) is 1.56. The summed E-state index contributed by atoms with van der Waals surface area (Å²) in [5.41, 5.74) is 0.949. The molecule has 0 unspecified atom stereocenters. The van der Waals surface area contributed by atoms with E-state index >= 15 is 0 Å². The molecule has 0 aromatic heterocycles. The fourth-order valence-corrected chi connectivity index (χ4v) is 3.98. The lowest BCUT2D eigenvalue weighted by atomic mass is 10.2. The van der Waals surface area contributed by atoms with Crippen molar-refractivity contribution in [3.63, 3.8) is 0 Å². The summed E-state index contributed by atoms with van der Waals surface area (Å²) in [4.78, 5) is 28.5. The van der Waals surface area contributed by atoms with Crippen LogP contribution in [-0.2, 0) is 9.59 Å². The van der Waals surface area contributed by atoms with Crippen LogP contribution >= 0.6 is 11.8 Å². The first-order valence-electron chi connectivity index (χ1n) is 7.16. The minimum absolute atomic E-state index is 0.00380. The van der Waals surface area contributed by atoms with E-state index in [1.807, 2.05) is 24.3 Å². The summed E-state index contributed by atoms with van der Waals surface area (Å²) in [6, 6.07) is 7.37. The minimum atomic E-state index is -0.824. The van der Waals surface area contributed by atoms with E-state index in [1.165, 1.54) is 0 Å². The Balaban J connectivity index is 1.73. The van der Waals surface area contributed by atoms with Crippen LogP contribution in [-0.4, -0.2) is 53.3 Å². The molecule has 6 heteroatoms. The van der Waals surface area contributed by atoms with E-state index < -0.39 is 12.0 Å². The van der Waals surface area contributed by atoms with Crippen LogP contribution in [0.15, 0.2) is 29.2 Å². The number of carboxylic acid groups (broad SMARTS) is 1. The van der Waals surface area contributed by atoms with E-state index in [0.29, 0.717) is 19.5 Å². The summed E-state index contributed by atoms with van der Waals surface area (Å²) in [5.74, 6) is 0.0521. The molecule has 5 nitrogen and oxygen atoms in total. The van der Waals surface area contributed by atoms with Gasteiger partial charge in [0.05, 0.1) is 12.2 Å². The summed E-state index contributed by atoms with van der Waals surface area (Å²) >= 11 is 1.76. The number of hydrogen-bond acceptors (Lipinski definition) is 4. The van der Waals surface area contributed by atoms with Gasteiger partial charge in [-0.2, -0.15) is 0 Å². The predicted molar refractivity (Wildman–Crippen MR) is 81.7 cm³/mol. The second-order valence-corrected chi connectivity index (χ2v) is 6.47. The first-order valence-corrected chi connectivity index (χ1v) is 8.14. The molecule has 0 radical (unpaired) electrons. The molecular weight excluding hydrogens is 288 g/mol. The number of carbonyl (C=O) groups is 2. The Kier molecular flexibility index (Phi) is 4.17. The van der Waals surface area contributed by atoms with Crippen molar-refractivity contribution >= 4 is 29.3 Å². The number of amides is 1. The second kappa shape index (κ2) is 6.07. The van der Waals surface area contributed by atoms with E-state index in [2.05, 4.69) is 0 Å². The smallest absolute Gasteiger partial charge is 0.320 e. The quantitative estimate of drug-likeness (QED) is 0.920. The van der Waals surface area contributed by atoms with Crippen molar-refractivity contribution in [3.8, 4) is 0 Å². The molecule has 1 N–H and O–H groups in total. The molecule has 2 aliphatic heterocycles. The summed E-state index contributed by atoms with van der Waals surface area (Å²) in [7, 11) is 0. The van der Waals surface area contributed by atoms with Gasteiger partial charge in [0.15, 0.2) is 0 Å². The third-order valence-electron chi connectivity index (χ3n) is 4.02. The largest absolute Gasteiger partial charge is 0.480 e. The SMILES string of the molecule is O=C(O)[C@H]1CCCN1CC(=O)N1CCSc2ccccc21. The lowest BCUT2D eigenvalue weighted by Gasteiger charge is -2.31. The average molecular weight is 306 g/mol. The first-order chi connectivity index (χ1) is 10.2. The van der Waals surface area contributed by atoms with Gasteiger partial charge in [0.1, 0.15) is 6.04 Å². The summed E-state index contributed by atoms with van der Waals surface area (Å²) in [5, 5.41) is 9.19. The number of thioether (sulfide) groups is 1. The first kappa shape index (κ1) is 14.4. The molecule has 0 bridgehead atoms. The van der Waals surface area contributed by atoms with Crippen LogP contribution in [0, 0.1) is 0 Å². The zero-order chi connectivity index (χ0) is 14.8. The standard InChI is InChI=1S/C15H18N2O3S/c18-14(10-16-7-3-5-12(16)15(19)20)17-8-9-21-13-6-2-1-4-11(13)17/h1-2,4,6,12H,3,5,7-10H2,(H,19,20)/t12-/m1/s1. The van der Waals surface area contributed by atoms with Gasteiger partial charge in [0.2, 0.25) is 5.91 Å². The molecule has 0 spiro atoms. The summed E-state index contributed by atoms with van der Waals surface area (Å²) in [6.07, 6.45) is 1.48. The van der Waals surface area contributed by atoms with E-state index in [1.54, 1.807) is 21.6 Å². The molecule has 2 heterocycles. The molecule has 1 saturated heterocycles. The molecule has 21 heavy (non-hydrogen) atoms. The number of hydrogen-bond donors (Lipinski definition) is 1. The average Bonchev–Trinajstić information content (AvgIpc) is 2.95. The lowest BCUT2D eigenvalue weighted by Crippen LogP contribution is -2.46. The van der Waals surface area contributed by atoms with Crippen LogP contribution in [0.4, 0.5) is 5.69 Å². The minimum Gasteiger partial charge on any atom is -0.480 e. The number of anilines is 1. The van der Waals surface area contributed by atoms with Crippen LogP contribution < -0.4 is 4.90 Å². The van der Waals surface area contributed by atoms with Crippen LogP contribution in [0.25, 0.3) is 0 Å². The van der Waals surface area contributed by atoms with E-state index in [0.717, 1.165) is 22.8 Å². The van der Waals surface area contributed by atoms with Crippen molar-refractivity contribution in [2.75, 3.05) is 30.3 Å². The highest BCUT2D eigenvalue weighted by atomic mass is 32.2. The van der Waals surface area contributed by atoms with Gasteiger partial charge in [-0.05, 0) is 31.5 Å². The van der Waals surface area contributed by atoms with Gasteiger partial charge in [0, 0.05) is 17.2 Å². The Morgan fingerprint density at radius 1 is 1.29 bits per heavy atom. The Bertz CT molecular complexity index is 564. The van der Waals surface area contributed by atoms with Gasteiger partial charge in [-0.25, -0.2) is 0 Å². The Morgan fingerprint density at radius 3 is 2.90 bits per heavy atom. The number of rotatable bonds is 3. The van der Waals surface area contributed by atoms with E-state index in [9.17, 15) is 14.7 Å². The van der Waals surface area contributed by atoms with Gasteiger partial charge in [0.25, 0.3) is 0 Å². The van der Waals surface area contributed by atoms with Crippen molar-refractivity contribution in [1.82, 2.24) is 4.90 Å². The fraction of sp³-hybridized carbons (Fsp3) is 0.467. The number of carbonyl (C=O) groups excluding carboxylic acids is 1. The number of aliphatic carboxylic acids is 1. The van der Waals surface area contributed by atoms with Crippen molar-refractivity contribution in [1.29, 1.82) is 0 Å². The highest BCUT2D eigenvalue weighted by Gasteiger charge is 2.33. The zero-order valence-electron chi connectivity index (χ0n) is 11.7. The maximum absolute atomic E-state index is 12.6.